The van der Waals surface area contributed by atoms with Crippen molar-refractivity contribution in [2.45, 2.75) is 70.4 Å². The molecular formula is C22H35N3O3S. The van der Waals surface area contributed by atoms with Crippen LogP contribution in [0.1, 0.15) is 50.7 Å². The fourth-order valence-electron chi connectivity index (χ4n) is 4.67. The third-order valence-electron chi connectivity index (χ3n) is 6.51. The van der Waals surface area contributed by atoms with Crippen LogP contribution in [0.4, 0.5) is 0 Å². The second-order valence-electron chi connectivity index (χ2n) is 8.47. The quantitative estimate of drug-likeness (QED) is 0.734. The standard InChI is InChI=1S/C22H35N3O3S/c1-5-20-8-6-7-11-25(20)22(26)19(4)23-12-14-24(15-13-23)29(27,28)21-10-9-17(2)16-18(21)3/h9-10,16,19-20H,5-8,11-15H2,1-4H3. The van der Waals surface area contributed by atoms with Crippen LogP contribution in [0, 0.1) is 13.8 Å². The Hall–Kier alpha value is -1.44. The molecule has 2 atom stereocenters. The first-order valence-corrected chi connectivity index (χ1v) is 12.3. The average Bonchev–Trinajstić information content (AvgIpc) is 2.72. The first-order chi connectivity index (χ1) is 13.8. The number of nitrogens with zero attached hydrogens (tertiary/aromatic N) is 3. The van der Waals surface area contributed by atoms with Crippen molar-refractivity contribution in [3.05, 3.63) is 29.3 Å². The number of rotatable bonds is 5. The van der Waals surface area contributed by atoms with Crippen molar-refractivity contribution in [2.24, 2.45) is 0 Å². The van der Waals surface area contributed by atoms with E-state index in [0.29, 0.717) is 37.1 Å². The Morgan fingerprint density at radius 1 is 1.10 bits per heavy atom. The number of piperidine rings is 1. The van der Waals surface area contributed by atoms with E-state index < -0.39 is 10.0 Å². The SMILES string of the molecule is CCC1CCCCN1C(=O)C(C)N1CCN(S(=O)(=O)c2ccc(C)cc2C)CC1. The first-order valence-electron chi connectivity index (χ1n) is 10.9. The van der Waals surface area contributed by atoms with Gasteiger partial charge in [-0.1, -0.05) is 24.6 Å². The number of hydrogen-bond donors (Lipinski definition) is 0. The molecule has 2 unspecified atom stereocenters. The van der Waals surface area contributed by atoms with Gasteiger partial charge in [0.1, 0.15) is 0 Å². The van der Waals surface area contributed by atoms with E-state index in [1.165, 1.54) is 6.42 Å². The maximum absolute atomic E-state index is 13.1. The van der Waals surface area contributed by atoms with Crippen LogP contribution in [0.5, 0.6) is 0 Å². The lowest BCUT2D eigenvalue weighted by Crippen LogP contribution is -2.57. The molecule has 0 aromatic heterocycles. The molecule has 0 bridgehead atoms. The van der Waals surface area contributed by atoms with Gasteiger partial charge in [-0.15, -0.1) is 0 Å². The molecule has 0 spiro atoms. The molecule has 0 N–H and O–H groups in total. The summed E-state index contributed by atoms with van der Waals surface area (Å²) in [4.78, 5) is 17.7. The topological polar surface area (TPSA) is 60.9 Å². The van der Waals surface area contributed by atoms with E-state index in [1.54, 1.807) is 10.4 Å². The van der Waals surface area contributed by atoms with E-state index in [1.807, 2.05) is 32.9 Å². The van der Waals surface area contributed by atoms with Gasteiger partial charge in [-0.05, 0) is 58.1 Å². The highest BCUT2D eigenvalue weighted by atomic mass is 32.2. The monoisotopic (exact) mass is 421 g/mol. The normalized spacial score (nSPS) is 23.2. The van der Waals surface area contributed by atoms with Gasteiger partial charge in [-0.25, -0.2) is 8.42 Å². The van der Waals surface area contributed by atoms with Crippen LogP contribution in [-0.4, -0.2) is 73.2 Å². The van der Waals surface area contributed by atoms with Crippen LogP contribution < -0.4 is 0 Å². The summed E-state index contributed by atoms with van der Waals surface area (Å²) >= 11 is 0. The lowest BCUT2D eigenvalue weighted by molar-refractivity contribution is -0.140. The van der Waals surface area contributed by atoms with Crippen LogP contribution in [0.25, 0.3) is 0 Å². The molecule has 6 nitrogen and oxygen atoms in total. The lowest BCUT2D eigenvalue weighted by Gasteiger charge is -2.41. The van der Waals surface area contributed by atoms with E-state index in [4.69, 9.17) is 0 Å². The summed E-state index contributed by atoms with van der Waals surface area (Å²) in [7, 11) is -3.50. The second kappa shape index (κ2) is 9.14. The van der Waals surface area contributed by atoms with E-state index in [9.17, 15) is 13.2 Å². The van der Waals surface area contributed by atoms with Gasteiger partial charge in [0, 0.05) is 38.8 Å². The fourth-order valence-corrected chi connectivity index (χ4v) is 6.30. The predicted octanol–water partition coefficient (Wildman–Crippen LogP) is 2.79. The molecule has 2 aliphatic rings. The number of aryl methyl sites for hydroxylation is 2. The van der Waals surface area contributed by atoms with Gasteiger partial charge in [-0.2, -0.15) is 4.31 Å². The van der Waals surface area contributed by atoms with E-state index in [2.05, 4.69) is 16.7 Å². The van der Waals surface area contributed by atoms with Crippen molar-refractivity contribution in [3.8, 4) is 0 Å². The highest BCUT2D eigenvalue weighted by Crippen LogP contribution is 2.24. The molecule has 1 amide bonds. The van der Waals surface area contributed by atoms with E-state index in [0.717, 1.165) is 36.9 Å². The molecule has 29 heavy (non-hydrogen) atoms. The number of amides is 1. The van der Waals surface area contributed by atoms with Crippen LogP contribution in [0.2, 0.25) is 0 Å². The summed E-state index contributed by atoms with van der Waals surface area (Å²) in [6.45, 7) is 10.8. The van der Waals surface area contributed by atoms with Crippen LogP contribution in [0.3, 0.4) is 0 Å². The van der Waals surface area contributed by atoms with Crippen molar-refractivity contribution in [1.29, 1.82) is 0 Å². The summed E-state index contributed by atoms with van der Waals surface area (Å²) in [6, 6.07) is 5.62. The van der Waals surface area contributed by atoms with Gasteiger partial charge in [0.2, 0.25) is 15.9 Å². The van der Waals surface area contributed by atoms with Crippen LogP contribution in [-0.2, 0) is 14.8 Å². The molecule has 0 aliphatic carbocycles. The molecular weight excluding hydrogens is 386 g/mol. The maximum atomic E-state index is 13.1. The van der Waals surface area contributed by atoms with Crippen molar-refractivity contribution >= 4 is 15.9 Å². The van der Waals surface area contributed by atoms with Crippen molar-refractivity contribution < 1.29 is 13.2 Å². The largest absolute Gasteiger partial charge is 0.338 e. The minimum absolute atomic E-state index is 0.197. The van der Waals surface area contributed by atoms with Crippen LogP contribution >= 0.6 is 0 Å². The molecule has 7 heteroatoms. The molecule has 2 aliphatic heterocycles. The molecule has 1 aromatic rings. The molecule has 0 saturated carbocycles. The molecule has 3 rings (SSSR count). The van der Waals surface area contributed by atoms with Gasteiger partial charge in [-0.3, -0.25) is 9.69 Å². The summed E-state index contributed by atoms with van der Waals surface area (Å²) in [5.74, 6) is 0.197. The van der Waals surface area contributed by atoms with Crippen molar-refractivity contribution in [3.63, 3.8) is 0 Å². The lowest BCUT2D eigenvalue weighted by atomic mass is 9.99. The van der Waals surface area contributed by atoms with E-state index in [-0.39, 0.29) is 11.9 Å². The minimum atomic E-state index is -3.50. The number of hydrogen-bond acceptors (Lipinski definition) is 4. The molecule has 162 valence electrons. The number of benzene rings is 1. The highest BCUT2D eigenvalue weighted by Gasteiger charge is 2.35. The molecule has 2 heterocycles. The van der Waals surface area contributed by atoms with Gasteiger partial charge in [0.15, 0.2) is 0 Å². The summed E-state index contributed by atoms with van der Waals surface area (Å²) < 4.78 is 27.7. The Morgan fingerprint density at radius 2 is 1.79 bits per heavy atom. The number of sulfonamides is 1. The number of likely N-dealkylation sites (tertiary alicyclic amines) is 1. The number of piperazine rings is 1. The van der Waals surface area contributed by atoms with Crippen LogP contribution in [0.15, 0.2) is 23.1 Å². The molecule has 0 radical (unpaired) electrons. The van der Waals surface area contributed by atoms with Gasteiger partial charge in [0.05, 0.1) is 10.9 Å². The average molecular weight is 422 g/mol. The van der Waals surface area contributed by atoms with Crippen molar-refractivity contribution in [2.75, 3.05) is 32.7 Å². The Morgan fingerprint density at radius 3 is 2.41 bits per heavy atom. The maximum Gasteiger partial charge on any atom is 0.243 e. The Balaban J connectivity index is 1.64. The fraction of sp³-hybridized carbons (Fsp3) is 0.682. The third-order valence-corrected chi connectivity index (χ3v) is 8.57. The summed E-state index contributed by atoms with van der Waals surface area (Å²) in [5, 5.41) is 0. The van der Waals surface area contributed by atoms with Gasteiger partial charge >= 0.3 is 0 Å². The Bertz CT molecular complexity index is 832. The van der Waals surface area contributed by atoms with Gasteiger partial charge in [0.25, 0.3) is 0 Å². The molecule has 1 aromatic carbocycles. The van der Waals surface area contributed by atoms with Crippen molar-refractivity contribution in [1.82, 2.24) is 14.1 Å². The summed E-state index contributed by atoms with van der Waals surface area (Å²) in [5.41, 5.74) is 1.84. The smallest absolute Gasteiger partial charge is 0.243 e. The van der Waals surface area contributed by atoms with E-state index >= 15 is 0 Å². The zero-order valence-corrected chi connectivity index (χ0v) is 19.0. The second-order valence-corrected chi connectivity index (χ2v) is 10.4. The highest BCUT2D eigenvalue weighted by molar-refractivity contribution is 7.89. The third kappa shape index (κ3) is 4.67. The molecule has 2 saturated heterocycles. The Kier molecular flexibility index (Phi) is 7.02. The summed E-state index contributed by atoms with van der Waals surface area (Å²) in [6.07, 6.45) is 4.37. The first kappa shape index (κ1) is 22.2. The molecule has 2 fully saturated rings. The zero-order chi connectivity index (χ0) is 21.2. The van der Waals surface area contributed by atoms with Gasteiger partial charge < -0.3 is 4.90 Å². The zero-order valence-electron chi connectivity index (χ0n) is 18.2. The Labute approximate surface area is 175 Å². The predicted molar refractivity (Wildman–Crippen MR) is 115 cm³/mol. The minimum Gasteiger partial charge on any atom is -0.338 e. The number of carbonyl (C=O) groups excluding carboxylic acids is 1. The number of carbonyl (C=O) groups is 1.